The van der Waals surface area contributed by atoms with E-state index >= 15 is 0 Å². The van der Waals surface area contributed by atoms with E-state index in [2.05, 4.69) is 32.6 Å². The molecule has 134 valence electrons. The molecule has 1 aromatic heterocycles. The minimum absolute atomic E-state index is 0.105. The van der Waals surface area contributed by atoms with Gasteiger partial charge in [0.05, 0.1) is 6.54 Å². The Labute approximate surface area is 158 Å². The van der Waals surface area contributed by atoms with Gasteiger partial charge in [0.15, 0.2) is 0 Å². The summed E-state index contributed by atoms with van der Waals surface area (Å²) >= 11 is 7.78. The molecule has 0 aliphatic carbocycles. The lowest BCUT2D eigenvalue weighted by atomic mass is 10.1. The molecule has 0 bridgehead atoms. The fourth-order valence-corrected chi connectivity index (χ4v) is 3.99. The quantitative estimate of drug-likeness (QED) is 0.805. The Bertz CT molecular complexity index is 669. The van der Waals surface area contributed by atoms with Crippen LogP contribution in [0.5, 0.6) is 0 Å². The summed E-state index contributed by atoms with van der Waals surface area (Å²) in [7, 11) is 0. The summed E-state index contributed by atoms with van der Waals surface area (Å²) in [5.74, 6) is 0.105. The van der Waals surface area contributed by atoms with E-state index in [9.17, 15) is 4.79 Å². The lowest BCUT2D eigenvalue weighted by Crippen LogP contribution is -2.49. The van der Waals surface area contributed by atoms with Crippen LogP contribution in [0.2, 0.25) is 5.02 Å². The van der Waals surface area contributed by atoms with E-state index < -0.39 is 0 Å². The molecule has 1 aliphatic rings. The zero-order valence-corrected chi connectivity index (χ0v) is 15.9. The van der Waals surface area contributed by atoms with Gasteiger partial charge < -0.3 is 5.32 Å². The fourth-order valence-electron chi connectivity index (χ4n) is 3.03. The van der Waals surface area contributed by atoms with Crippen LogP contribution >= 0.6 is 22.9 Å². The Morgan fingerprint density at radius 1 is 1.12 bits per heavy atom. The molecular formula is C19H24ClN3OS. The first kappa shape index (κ1) is 18.4. The van der Waals surface area contributed by atoms with Crippen LogP contribution in [0.4, 0.5) is 0 Å². The summed E-state index contributed by atoms with van der Waals surface area (Å²) in [5, 5.41) is 5.87. The smallest absolute Gasteiger partial charge is 0.234 e. The van der Waals surface area contributed by atoms with Crippen molar-refractivity contribution in [1.82, 2.24) is 15.1 Å². The van der Waals surface area contributed by atoms with Gasteiger partial charge in [0.25, 0.3) is 0 Å². The average molecular weight is 378 g/mol. The van der Waals surface area contributed by atoms with Crippen molar-refractivity contribution in [3.05, 3.63) is 57.2 Å². The standard InChI is InChI=1S/C19H24ClN3OS/c20-17-4-1-3-16(13-17)6-7-21-19(24)15-23-10-8-22(9-11-23)14-18-5-2-12-25-18/h1-5,12-13H,6-11,14-15H2,(H,21,24). The highest BCUT2D eigenvalue weighted by Gasteiger charge is 2.19. The number of hydrogen-bond acceptors (Lipinski definition) is 4. The lowest BCUT2D eigenvalue weighted by molar-refractivity contribution is -0.122. The molecule has 0 radical (unpaired) electrons. The molecule has 1 amide bonds. The van der Waals surface area contributed by atoms with Gasteiger partial charge >= 0.3 is 0 Å². The number of nitrogens with one attached hydrogen (secondary N) is 1. The Hall–Kier alpha value is -1.40. The first-order chi connectivity index (χ1) is 12.2. The van der Waals surface area contributed by atoms with Crippen molar-refractivity contribution in [1.29, 1.82) is 0 Å². The number of thiophene rings is 1. The zero-order chi connectivity index (χ0) is 17.5. The van der Waals surface area contributed by atoms with E-state index in [-0.39, 0.29) is 5.91 Å². The number of piperazine rings is 1. The van der Waals surface area contributed by atoms with E-state index in [1.165, 1.54) is 4.88 Å². The topological polar surface area (TPSA) is 35.6 Å². The van der Waals surface area contributed by atoms with Gasteiger partial charge in [-0.25, -0.2) is 0 Å². The molecule has 4 nitrogen and oxygen atoms in total. The van der Waals surface area contributed by atoms with Crippen LogP contribution in [0.1, 0.15) is 10.4 Å². The number of nitrogens with zero attached hydrogens (tertiary/aromatic N) is 2. The molecular weight excluding hydrogens is 354 g/mol. The number of carbonyl (C=O) groups is 1. The molecule has 0 saturated carbocycles. The van der Waals surface area contributed by atoms with Crippen LogP contribution < -0.4 is 5.32 Å². The Kier molecular flexibility index (Phi) is 6.87. The van der Waals surface area contributed by atoms with Gasteiger partial charge in [-0.15, -0.1) is 11.3 Å². The number of hydrogen-bond donors (Lipinski definition) is 1. The molecule has 0 spiro atoms. The second kappa shape index (κ2) is 9.34. The fraction of sp³-hybridized carbons (Fsp3) is 0.421. The lowest BCUT2D eigenvalue weighted by Gasteiger charge is -2.34. The highest BCUT2D eigenvalue weighted by atomic mass is 35.5. The summed E-state index contributed by atoms with van der Waals surface area (Å²) in [6, 6.07) is 12.1. The summed E-state index contributed by atoms with van der Waals surface area (Å²) in [4.78, 5) is 18.2. The van der Waals surface area contributed by atoms with Crippen molar-refractivity contribution in [3.8, 4) is 0 Å². The molecule has 1 saturated heterocycles. The van der Waals surface area contributed by atoms with Crippen molar-refractivity contribution < 1.29 is 4.79 Å². The molecule has 1 N–H and O–H groups in total. The van der Waals surface area contributed by atoms with Crippen molar-refractivity contribution in [2.24, 2.45) is 0 Å². The van der Waals surface area contributed by atoms with Crippen molar-refractivity contribution in [2.75, 3.05) is 39.3 Å². The average Bonchev–Trinajstić information content (AvgIpc) is 3.10. The number of amides is 1. The predicted molar refractivity (Wildman–Crippen MR) is 104 cm³/mol. The second-order valence-corrected chi connectivity index (χ2v) is 7.83. The van der Waals surface area contributed by atoms with Gasteiger partial charge in [-0.1, -0.05) is 29.8 Å². The van der Waals surface area contributed by atoms with Gasteiger partial charge in [0.2, 0.25) is 5.91 Å². The summed E-state index contributed by atoms with van der Waals surface area (Å²) in [6.07, 6.45) is 0.806. The van der Waals surface area contributed by atoms with Crippen LogP contribution in [-0.4, -0.2) is 55.0 Å². The third-order valence-electron chi connectivity index (χ3n) is 4.42. The normalized spacial score (nSPS) is 16.0. The number of benzene rings is 1. The molecule has 1 aromatic carbocycles. The Morgan fingerprint density at radius 3 is 2.64 bits per heavy atom. The van der Waals surface area contributed by atoms with E-state index in [0.717, 1.165) is 49.7 Å². The third kappa shape index (κ3) is 6.12. The predicted octanol–water partition coefficient (Wildman–Crippen LogP) is 2.88. The molecule has 3 rings (SSSR count). The number of halogens is 1. The molecule has 1 fully saturated rings. The molecule has 0 atom stereocenters. The molecule has 0 unspecified atom stereocenters. The molecule has 6 heteroatoms. The maximum absolute atomic E-state index is 12.1. The molecule has 2 heterocycles. The van der Waals surface area contributed by atoms with Crippen LogP contribution in [0.15, 0.2) is 41.8 Å². The van der Waals surface area contributed by atoms with E-state index in [0.29, 0.717) is 13.1 Å². The maximum Gasteiger partial charge on any atom is 0.234 e. The minimum atomic E-state index is 0.105. The van der Waals surface area contributed by atoms with Gasteiger partial charge in [0, 0.05) is 49.2 Å². The van der Waals surface area contributed by atoms with E-state index in [1.54, 1.807) is 0 Å². The van der Waals surface area contributed by atoms with Gasteiger partial charge in [-0.05, 0) is 35.6 Å². The maximum atomic E-state index is 12.1. The van der Waals surface area contributed by atoms with E-state index in [1.807, 2.05) is 35.6 Å². The Morgan fingerprint density at radius 2 is 1.92 bits per heavy atom. The highest BCUT2D eigenvalue weighted by Crippen LogP contribution is 2.13. The van der Waals surface area contributed by atoms with Crippen molar-refractivity contribution in [3.63, 3.8) is 0 Å². The van der Waals surface area contributed by atoms with Crippen molar-refractivity contribution in [2.45, 2.75) is 13.0 Å². The second-order valence-electron chi connectivity index (χ2n) is 6.36. The van der Waals surface area contributed by atoms with Crippen LogP contribution in [0, 0.1) is 0 Å². The molecule has 1 aliphatic heterocycles. The summed E-state index contributed by atoms with van der Waals surface area (Å²) in [6.45, 7) is 6.11. The number of carbonyl (C=O) groups excluding carboxylic acids is 1. The van der Waals surface area contributed by atoms with Crippen molar-refractivity contribution >= 4 is 28.8 Å². The Balaban J connectivity index is 1.32. The summed E-state index contributed by atoms with van der Waals surface area (Å²) < 4.78 is 0. The van der Waals surface area contributed by atoms with Gasteiger partial charge in [-0.3, -0.25) is 14.6 Å². The molecule has 2 aromatic rings. The van der Waals surface area contributed by atoms with Gasteiger partial charge in [-0.2, -0.15) is 0 Å². The monoisotopic (exact) mass is 377 g/mol. The SMILES string of the molecule is O=C(CN1CCN(Cc2cccs2)CC1)NCCc1cccc(Cl)c1. The minimum Gasteiger partial charge on any atom is -0.355 e. The first-order valence-electron chi connectivity index (χ1n) is 8.67. The number of rotatable bonds is 7. The third-order valence-corrected chi connectivity index (χ3v) is 5.51. The van der Waals surface area contributed by atoms with Crippen LogP contribution in [-0.2, 0) is 17.8 Å². The highest BCUT2D eigenvalue weighted by molar-refractivity contribution is 7.09. The zero-order valence-electron chi connectivity index (χ0n) is 14.3. The van der Waals surface area contributed by atoms with Gasteiger partial charge in [0.1, 0.15) is 0 Å². The van der Waals surface area contributed by atoms with E-state index in [4.69, 9.17) is 11.6 Å². The first-order valence-corrected chi connectivity index (χ1v) is 9.93. The largest absolute Gasteiger partial charge is 0.355 e. The summed E-state index contributed by atoms with van der Waals surface area (Å²) in [5.41, 5.74) is 1.15. The van der Waals surface area contributed by atoms with Crippen LogP contribution in [0.3, 0.4) is 0 Å². The molecule has 25 heavy (non-hydrogen) atoms. The van der Waals surface area contributed by atoms with Crippen LogP contribution in [0.25, 0.3) is 0 Å².